The Balaban J connectivity index is 1.46. The van der Waals surface area contributed by atoms with Crippen molar-refractivity contribution < 1.29 is 14.0 Å². The standard InChI is InChI=1S/C23H20N4O3/c1-14-12-27(23(29)20-10-15-4-2-3-5-19(15)30-20)9-7-16(14)18-11-21(25-13-28)26-22-17(18)6-8-24-22/h2-8,10-11,13-14H,9,12H2,1H3,(H2,24,25,26,28). The number of anilines is 1. The number of benzene rings is 1. The van der Waals surface area contributed by atoms with Gasteiger partial charge >= 0.3 is 0 Å². The molecule has 0 fully saturated rings. The number of fused-ring (bicyclic) bond motifs is 2. The van der Waals surface area contributed by atoms with Crippen molar-refractivity contribution in [3.8, 4) is 0 Å². The lowest BCUT2D eigenvalue weighted by Gasteiger charge is -2.31. The lowest BCUT2D eigenvalue weighted by atomic mass is 9.89. The van der Waals surface area contributed by atoms with Crippen molar-refractivity contribution in [2.75, 3.05) is 18.4 Å². The summed E-state index contributed by atoms with van der Waals surface area (Å²) in [4.78, 5) is 33.2. The van der Waals surface area contributed by atoms with Gasteiger partial charge in [-0.05, 0) is 41.3 Å². The minimum Gasteiger partial charge on any atom is -0.451 e. The minimum absolute atomic E-state index is 0.108. The largest absolute Gasteiger partial charge is 0.451 e. The number of nitrogens with zero attached hydrogens (tertiary/aromatic N) is 2. The number of carbonyl (C=O) groups excluding carboxylic acids is 2. The summed E-state index contributed by atoms with van der Waals surface area (Å²) >= 11 is 0. The highest BCUT2D eigenvalue weighted by atomic mass is 16.3. The minimum atomic E-state index is -0.113. The number of aromatic nitrogens is 2. The molecular formula is C23H20N4O3. The molecule has 1 aromatic carbocycles. The fourth-order valence-electron chi connectivity index (χ4n) is 4.11. The van der Waals surface area contributed by atoms with Crippen LogP contribution in [0.2, 0.25) is 0 Å². The van der Waals surface area contributed by atoms with Gasteiger partial charge in [0.25, 0.3) is 5.91 Å². The van der Waals surface area contributed by atoms with Crippen molar-refractivity contribution >= 4 is 45.7 Å². The van der Waals surface area contributed by atoms with E-state index in [-0.39, 0.29) is 11.8 Å². The molecule has 3 aromatic heterocycles. The van der Waals surface area contributed by atoms with Crippen LogP contribution < -0.4 is 5.32 Å². The molecule has 1 aliphatic rings. The van der Waals surface area contributed by atoms with Crippen LogP contribution in [0, 0.1) is 5.92 Å². The smallest absolute Gasteiger partial charge is 0.289 e. The molecule has 0 spiro atoms. The van der Waals surface area contributed by atoms with E-state index in [0.29, 0.717) is 42.3 Å². The van der Waals surface area contributed by atoms with Gasteiger partial charge in [0.2, 0.25) is 6.41 Å². The van der Waals surface area contributed by atoms with E-state index < -0.39 is 0 Å². The average Bonchev–Trinajstić information content (AvgIpc) is 3.39. The van der Waals surface area contributed by atoms with Crippen LogP contribution >= 0.6 is 0 Å². The summed E-state index contributed by atoms with van der Waals surface area (Å²) in [5, 5.41) is 4.54. The average molecular weight is 400 g/mol. The zero-order valence-corrected chi connectivity index (χ0v) is 16.4. The molecule has 0 radical (unpaired) electrons. The van der Waals surface area contributed by atoms with Crippen LogP contribution in [-0.4, -0.2) is 40.3 Å². The summed E-state index contributed by atoms with van der Waals surface area (Å²) < 4.78 is 5.75. The monoisotopic (exact) mass is 400 g/mol. The van der Waals surface area contributed by atoms with Gasteiger partial charge in [0.1, 0.15) is 17.0 Å². The lowest BCUT2D eigenvalue weighted by Crippen LogP contribution is -2.38. The number of H-pyrrole nitrogens is 1. The summed E-state index contributed by atoms with van der Waals surface area (Å²) in [6, 6.07) is 13.3. The highest BCUT2D eigenvalue weighted by molar-refractivity contribution is 5.97. The van der Waals surface area contributed by atoms with Crippen molar-refractivity contribution in [3.05, 3.63) is 66.1 Å². The predicted molar refractivity (Wildman–Crippen MR) is 115 cm³/mol. The zero-order valence-electron chi connectivity index (χ0n) is 16.4. The Kier molecular flexibility index (Phi) is 4.35. The molecule has 1 unspecified atom stereocenters. The first-order valence-electron chi connectivity index (χ1n) is 9.80. The number of carbonyl (C=O) groups is 2. The molecule has 0 bridgehead atoms. The summed E-state index contributed by atoms with van der Waals surface area (Å²) in [6.07, 6.45) is 4.52. The molecule has 1 atom stereocenters. The zero-order chi connectivity index (χ0) is 20.7. The Hall–Kier alpha value is -3.87. The fraction of sp³-hybridized carbons (Fsp3) is 0.174. The molecule has 4 aromatic rings. The van der Waals surface area contributed by atoms with Crippen molar-refractivity contribution in [2.45, 2.75) is 6.92 Å². The normalized spacial score (nSPS) is 16.6. The molecule has 2 amide bonds. The Labute approximate surface area is 172 Å². The molecule has 4 heterocycles. The maximum absolute atomic E-state index is 13.0. The van der Waals surface area contributed by atoms with Crippen LogP contribution in [0.25, 0.3) is 27.6 Å². The van der Waals surface area contributed by atoms with Gasteiger partial charge in [0, 0.05) is 30.1 Å². The van der Waals surface area contributed by atoms with Crippen molar-refractivity contribution in [1.29, 1.82) is 0 Å². The molecule has 0 saturated carbocycles. The van der Waals surface area contributed by atoms with E-state index in [2.05, 4.69) is 28.3 Å². The third-order valence-corrected chi connectivity index (χ3v) is 5.53. The Morgan fingerprint density at radius 1 is 1.30 bits per heavy atom. The van der Waals surface area contributed by atoms with Crippen LogP contribution in [0.3, 0.4) is 0 Å². The van der Waals surface area contributed by atoms with Crippen LogP contribution in [0.1, 0.15) is 23.0 Å². The van der Waals surface area contributed by atoms with Crippen LogP contribution in [0.5, 0.6) is 0 Å². The molecule has 7 heteroatoms. The summed E-state index contributed by atoms with van der Waals surface area (Å²) in [5.74, 6) is 0.841. The Morgan fingerprint density at radius 2 is 2.17 bits per heavy atom. The van der Waals surface area contributed by atoms with Gasteiger partial charge in [-0.2, -0.15) is 0 Å². The topological polar surface area (TPSA) is 91.2 Å². The number of nitrogens with one attached hydrogen (secondary N) is 2. The SMILES string of the molecule is CC1CN(C(=O)c2cc3ccccc3o2)CC=C1c1cc(NC=O)nc2[nH]ccc12. The van der Waals surface area contributed by atoms with Crippen LogP contribution in [-0.2, 0) is 4.79 Å². The molecule has 0 aliphatic carbocycles. The molecule has 5 rings (SSSR count). The van der Waals surface area contributed by atoms with E-state index in [0.717, 1.165) is 21.9 Å². The number of para-hydroxylation sites is 1. The van der Waals surface area contributed by atoms with Crippen molar-refractivity contribution in [1.82, 2.24) is 14.9 Å². The number of hydrogen-bond acceptors (Lipinski definition) is 4. The number of aromatic amines is 1. The van der Waals surface area contributed by atoms with E-state index in [4.69, 9.17) is 4.42 Å². The Morgan fingerprint density at radius 3 is 2.97 bits per heavy atom. The molecule has 1 aliphatic heterocycles. The first-order valence-corrected chi connectivity index (χ1v) is 9.80. The van der Waals surface area contributed by atoms with E-state index in [1.54, 1.807) is 11.0 Å². The maximum Gasteiger partial charge on any atom is 0.289 e. The lowest BCUT2D eigenvalue weighted by molar-refractivity contribution is -0.105. The van der Waals surface area contributed by atoms with Gasteiger partial charge in [-0.3, -0.25) is 9.59 Å². The van der Waals surface area contributed by atoms with Crippen LogP contribution in [0.4, 0.5) is 5.82 Å². The quantitative estimate of drug-likeness (QED) is 0.506. The van der Waals surface area contributed by atoms with E-state index >= 15 is 0 Å². The van der Waals surface area contributed by atoms with Gasteiger partial charge in [-0.15, -0.1) is 0 Å². The van der Waals surface area contributed by atoms with E-state index in [1.165, 1.54) is 0 Å². The van der Waals surface area contributed by atoms with Gasteiger partial charge in [-0.1, -0.05) is 31.2 Å². The maximum atomic E-state index is 13.0. The molecule has 7 nitrogen and oxygen atoms in total. The number of amides is 2. The second-order valence-electron chi connectivity index (χ2n) is 7.48. The van der Waals surface area contributed by atoms with Gasteiger partial charge in [0.05, 0.1) is 0 Å². The fourth-order valence-corrected chi connectivity index (χ4v) is 4.11. The van der Waals surface area contributed by atoms with E-state index in [1.807, 2.05) is 42.6 Å². The van der Waals surface area contributed by atoms with Gasteiger partial charge in [0.15, 0.2) is 5.76 Å². The highest BCUT2D eigenvalue weighted by Gasteiger charge is 2.27. The summed E-state index contributed by atoms with van der Waals surface area (Å²) in [7, 11) is 0. The predicted octanol–water partition coefficient (Wildman–Crippen LogP) is 4.05. The third kappa shape index (κ3) is 3.04. The molecule has 2 N–H and O–H groups in total. The second kappa shape index (κ2) is 7.18. The second-order valence-corrected chi connectivity index (χ2v) is 7.48. The van der Waals surface area contributed by atoms with Crippen LogP contribution in [0.15, 0.2) is 59.2 Å². The first kappa shape index (κ1) is 18.2. The third-order valence-electron chi connectivity index (χ3n) is 5.53. The highest BCUT2D eigenvalue weighted by Crippen LogP contribution is 2.34. The number of hydrogen-bond donors (Lipinski definition) is 2. The molecule has 0 saturated heterocycles. The summed E-state index contributed by atoms with van der Waals surface area (Å²) in [6.45, 7) is 3.16. The Bertz CT molecular complexity index is 1270. The number of pyridine rings is 1. The van der Waals surface area contributed by atoms with Crippen molar-refractivity contribution in [2.24, 2.45) is 5.92 Å². The van der Waals surface area contributed by atoms with E-state index in [9.17, 15) is 9.59 Å². The molecule has 30 heavy (non-hydrogen) atoms. The number of furan rings is 1. The number of rotatable bonds is 4. The summed E-state index contributed by atoms with van der Waals surface area (Å²) in [5.41, 5.74) is 3.56. The van der Waals surface area contributed by atoms with Gasteiger partial charge in [-0.25, -0.2) is 4.98 Å². The first-order chi connectivity index (χ1) is 14.6. The molecule has 150 valence electrons. The molecular weight excluding hydrogens is 380 g/mol. The van der Waals surface area contributed by atoms with Gasteiger partial charge < -0.3 is 19.6 Å². The van der Waals surface area contributed by atoms with Crippen molar-refractivity contribution in [3.63, 3.8) is 0 Å².